The van der Waals surface area contributed by atoms with Crippen LogP contribution >= 0.6 is 0 Å². The number of quaternary nitrogens is 1. The van der Waals surface area contributed by atoms with Crippen molar-refractivity contribution in [2.75, 3.05) is 6.54 Å². The van der Waals surface area contributed by atoms with Crippen molar-refractivity contribution in [3.8, 4) is 0 Å². The number of halogens is 2. The standard InChI is InChI=1S/C18H16F2N2/c1-10-2-5-16-14(8-10)12-6-7-21-17(18(12)22-16)13-4-3-11(19)9-15(13)20/h2-5,8-9,17,21-22H,6-7H2,1H3/p+1/t17-/m1/s1. The molecule has 0 saturated heterocycles. The van der Waals surface area contributed by atoms with Crippen molar-refractivity contribution in [3.63, 3.8) is 0 Å². The summed E-state index contributed by atoms with van der Waals surface area (Å²) in [4.78, 5) is 3.44. The van der Waals surface area contributed by atoms with Crippen LogP contribution in [0.1, 0.15) is 28.4 Å². The van der Waals surface area contributed by atoms with Gasteiger partial charge in [-0.2, -0.15) is 0 Å². The van der Waals surface area contributed by atoms with E-state index in [9.17, 15) is 8.78 Å². The molecule has 1 atom stereocenters. The van der Waals surface area contributed by atoms with Gasteiger partial charge in [-0.1, -0.05) is 11.6 Å². The zero-order valence-electron chi connectivity index (χ0n) is 12.3. The van der Waals surface area contributed by atoms with E-state index >= 15 is 0 Å². The molecular weight excluding hydrogens is 282 g/mol. The van der Waals surface area contributed by atoms with Gasteiger partial charge in [-0.05, 0) is 36.8 Å². The summed E-state index contributed by atoms with van der Waals surface area (Å²) in [6, 6.07) is 10.0. The van der Waals surface area contributed by atoms with Crippen molar-refractivity contribution in [3.05, 3.63) is 70.4 Å². The average Bonchev–Trinajstić information content (AvgIpc) is 2.85. The first-order valence-electron chi connectivity index (χ1n) is 7.53. The number of H-pyrrole nitrogens is 1. The number of benzene rings is 2. The summed E-state index contributed by atoms with van der Waals surface area (Å²) in [5, 5.41) is 3.33. The van der Waals surface area contributed by atoms with Gasteiger partial charge in [0.15, 0.2) is 6.04 Å². The lowest BCUT2D eigenvalue weighted by Gasteiger charge is -2.21. The van der Waals surface area contributed by atoms with Gasteiger partial charge in [-0.3, -0.25) is 0 Å². The molecule has 1 aliphatic rings. The minimum atomic E-state index is -0.537. The van der Waals surface area contributed by atoms with Crippen LogP contribution in [-0.2, 0) is 6.42 Å². The maximum absolute atomic E-state index is 14.2. The van der Waals surface area contributed by atoms with Crippen LogP contribution in [0.25, 0.3) is 10.9 Å². The number of fused-ring (bicyclic) bond motifs is 3. The first-order chi connectivity index (χ1) is 10.6. The summed E-state index contributed by atoms with van der Waals surface area (Å²) in [6.07, 6.45) is 0.956. The molecule has 0 aliphatic carbocycles. The van der Waals surface area contributed by atoms with Gasteiger partial charge in [-0.25, -0.2) is 8.78 Å². The summed E-state index contributed by atoms with van der Waals surface area (Å²) < 4.78 is 27.3. The number of aromatic nitrogens is 1. The molecular formula is C18H17F2N2+. The van der Waals surface area contributed by atoms with E-state index in [0.29, 0.717) is 5.56 Å². The number of aryl methyl sites for hydroxylation is 1. The van der Waals surface area contributed by atoms with Gasteiger partial charge in [0.2, 0.25) is 0 Å². The van der Waals surface area contributed by atoms with Gasteiger partial charge in [0.05, 0.1) is 17.8 Å². The smallest absolute Gasteiger partial charge is 0.155 e. The molecule has 2 nitrogen and oxygen atoms in total. The van der Waals surface area contributed by atoms with Gasteiger partial charge in [0.1, 0.15) is 11.6 Å². The lowest BCUT2D eigenvalue weighted by atomic mass is 9.94. The molecule has 0 unspecified atom stereocenters. The Balaban J connectivity index is 1.90. The Kier molecular flexibility index (Phi) is 3.01. The fraction of sp³-hybridized carbons (Fsp3) is 0.222. The van der Waals surface area contributed by atoms with E-state index in [1.54, 1.807) is 6.07 Å². The first-order valence-corrected chi connectivity index (χ1v) is 7.53. The highest BCUT2D eigenvalue weighted by Crippen LogP contribution is 2.32. The van der Waals surface area contributed by atoms with E-state index in [4.69, 9.17) is 0 Å². The lowest BCUT2D eigenvalue weighted by molar-refractivity contribution is -0.690. The van der Waals surface area contributed by atoms with Crippen LogP contribution in [0.15, 0.2) is 36.4 Å². The monoisotopic (exact) mass is 299 g/mol. The zero-order valence-corrected chi connectivity index (χ0v) is 12.3. The molecule has 0 saturated carbocycles. The molecule has 2 aromatic carbocycles. The van der Waals surface area contributed by atoms with Gasteiger partial charge in [0.25, 0.3) is 0 Å². The number of hydrogen-bond acceptors (Lipinski definition) is 0. The molecule has 3 N–H and O–H groups in total. The van der Waals surface area contributed by atoms with Crippen molar-refractivity contribution in [1.82, 2.24) is 4.98 Å². The number of rotatable bonds is 1. The van der Waals surface area contributed by atoms with Crippen LogP contribution in [0.2, 0.25) is 0 Å². The highest BCUT2D eigenvalue weighted by Gasteiger charge is 2.30. The van der Waals surface area contributed by atoms with Crippen molar-refractivity contribution in [1.29, 1.82) is 0 Å². The topological polar surface area (TPSA) is 32.4 Å². The second-order valence-electron chi connectivity index (χ2n) is 5.98. The molecule has 4 rings (SSSR count). The van der Waals surface area contributed by atoms with Crippen LogP contribution in [0, 0.1) is 18.6 Å². The highest BCUT2D eigenvalue weighted by atomic mass is 19.1. The van der Waals surface area contributed by atoms with Crippen molar-refractivity contribution in [2.24, 2.45) is 0 Å². The summed E-state index contributed by atoms with van der Waals surface area (Å²) in [5.74, 6) is -1.02. The van der Waals surface area contributed by atoms with Crippen molar-refractivity contribution >= 4 is 10.9 Å². The molecule has 0 bridgehead atoms. The predicted octanol–water partition coefficient (Wildman–Crippen LogP) is 2.96. The van der Waals surface area contributed by atoms with Gasteiger partial charge in [-0.15, -0.1) is 0 Å². The maximum atomic E-state index is 14.2. The normalized spacial score (nSPS) is 17.7. The fourth-order valence-electron chi connectivity index (χ4n) is 3.47. The second-order valence-corrected chi connectivity index (χ2v) is 5.98. The lowest BCUT2D eigenvalue weighted by Crippen LogP contribution is -2.87. The van der Waals surface area contributed by atoms with E-state index in [-0.39, 0.29) is 6.04 Å². The molecule has 0 fully saturated rings. The van der Waals surface area contributed by atoms with Crippen molar-refractivity contribution < 1.29 is 14.1 Å². The number of aromatic amines is 1. The number of nitrogens with two attached hydrogens (primary N) is 1. The van der Waals surface area contributed by atoms with Gasteiger partial charge < -0.3 is 10.3 Å². The van der Waals surface area contributed by atoms with E-state index in [2.05, 4.69) is 35.4 Å². The third-order valence-electron chi connectivity index (χ3n) is 4.50. The van der Waals surface area contributed by atoms with Crippen molar-refractivity contribution in [2.45, 2.75) is 19.4 Å². The van der Waals surface area contributed by atoms with Crippen LogP contribution in [0.5, 0.6) is 0 Å². The Bertz CT molecular complexity index is 867. The van der Waals surface area contributed by atoms with Crippen LogP contribution in [0.3, 0.4) is 0 Å². The Morgan fingerprint density at radius 2 is 2.00 bits per heavy atom. The molecule has 0 radical (unpaired) electrons. The van der Waals surface area contributed by atoms with Crippen LogP contribution < -0.4 is 5.32 Å². The Hall–Kier alpha value is -2.20. The Morgan fingerprint density at radius 3 is 2.82 bits per heavy atom. The molecule has 112 valence electrons. The summed E-state index contributed by atoms with van der Waals surface area (Å²) in [5.41, 5.74) is 5.13. The third kappa shape index (κ3) is 2.03. The predicted molar refractivity (Wildman–Crippen MR) is 81.7 cm³/mol. The largest absolute Gasteiger partial charge is 0.353 e. The Morgan fingerprint density at radius 1 is 1.14 bits per heavy atom. The fourth-order valence-corrected chi connectivity index (χ4v) is 3.47. The Labute approximate surface area is 127 Å². The van der Waals surface area contributed by atoms with Crippen LogP contribution in [-0.4, -0.2) is 11.5 Å². The number of hydrogen-bond donors (Lipinski definition) is 2. The quantitative estimate of drug-likeness (QED) is 0.692. The molecule has 1 aromatic heterocycles. The maximum Gasteiger partial charge on any atom is 0.155 e. The SMILES string of the molecule is Cc1ccc2[nH]c3c(c2c1)CC[NH2+][C@@H]3c1ccc(F)cc1F. The van der Waals surface area contributed by atoms with Gasteiger partial charge in [0, 0.05) is 23.4 Å². The molecule has 22 heavy (non-hydrogen) atoms. The minimum absolute atomic E-state index is 0.142. The summed E-state index contributed by atoms with van der Waals surface area (Å²) >= 11 is 0. The minimum Gasteiger partial charge on any atom is -0.353 e. The molecule has 4 heteroatoms. The third-order valence-corrected chi connectivity index (χ3v) is 4.50. The zero-order chi connectivity index (χ0) is 15.3. The van der Waals surface area contributed by atoms with Gasteiger partial charge >= 0.3 is 0 Å². The summed E-state index contributed by atoms with van der Waals surface area (Å²) in [6.45, 7) is 2.97. The van der Waals surface area contributed by atoms with E-state index < -0.39 is 11.6 Å². The highest BCUT2D eigenvalue weighted by molar-refractivity contribution is 5.85. The molecule has 0 spiro atoms. The molecule has 2 heterocycles. The van der Waals surface area contributed by atoms with E-state index in [1.165, 1.54) is 22.6 Å². The number of nitrogens with one attached hydrogen (secondary N) is 1. The summed E-state index contributed by atoms with van der Waals surface area (Å²) in [7, 11) is 0. The molecule has 1 aliphatic heterocycles. The van der Waals surface area contributed by atoms with E-state index in [1.807, 2.05) is 0 Å². The first kappa shape index (κ1) is 13.5. The second kappa shape index (κ2) is 4.92. The van der Waals surface area contributed by atoms with Crippen LogP contribution in [0.4, 0.5) is 8.78 Å². The van der Waals surface area contributed by atoms with E-state index in [0.717, 1.165) is 30.2 Å². The molecule has 0 amide bonds. The molecule has 3 aromatic rings. The average molecular weight is 299 g/mol.